The summed E-state index contributed by atoms with van der Waals surface area (Å²) in [4.78, 5) is 12.4. The van der Waals surface area contributed by atoms with Crippen LogP contribution in [0.25, 0.3) is 0 Å². The lowest BCUT2D eigenvalue weighted by molar-refractivity contribution is 0.0717. The van der Waals surface area contributed by atoms with Crippen LogP contribution in [0, 0.1) is 39.6 Å². The summed E-state index contributed by atoms with van der Waals surface area (Å²) >= 11 is 2.14. The molecule has 0 aliphatic carbocycles. The minimum Gasteiger partial charge on any atom is -0.416 e. The van der Waals surface area contributed by atoms with E-state index < -0.39 is 40.8 Å². The van der Waals surface area contributed by atoms with E-state index >= 15 is 0 Å². The van der Waals surface area contributed by atoms with Gasteiger partial charge < -0.3 is 10.1 Å². The van der Waals surface area contributed by atoms with Crippen molar-refractivity contribution in [2.45, 2.75) is 6.92 Å². The number of rotatable bonds is 4. The predicted octanol–water partition coefficient (Wildman–Crippen LogP) is 6.26. The van der Waals surface area contributed by atoms with Crippen LogP contribution in [-0.2, 0) is 0 Å². The number of anilines is 2. The summed E-state index contributed by atoms with van der Waals surface area (Å²) in [6, 6.07) is 11.3. The first-order valence-electron chi connectivity index (χ1n) is 8.06. The smallest absolute Gasteiger partial charge is 0.345 e. The summed E-state index contributed by atoms with van der Waals surface area (Å²) in [5, 5.41) is 3.00. The highest BCUT2D eigenvalue weighted by atomic mass is 127. The van der Waals surface area contributed by atoms with E-state index in [0.717, 1.165) is 9.13 Å². The molecule has 3 nitrogen and oxygen atoms in total. The first kappa shape index (κ1) is 21.0. The second-order valence-corrected chi connectivity index (χ2v) is 7.16. The minimum absolute atomic E-state index is 0.158. The van der Waals surface area contributed by atoms with Gasteiger partial charge >= 0.3 is 5.97 Å². The molecule has 0 aliphatic heterocycles. The Labute approximate surface area is 175 Å². The Morgan fingerprint density at radius 1 is 0.862 bits per heavy atom. The Bertz CT molecular complexity index is 1090. The predicted molar refractivity (Wildman–Crippen MR) is 105 cm³/mol. The lowest BCUT2D eigenvalue weighted by Crippen LogP contribution is -2.15. The van der Waals surface area contributed by atoms with Crippen molar-refractivity contribution in [1.82, 2.24) is 0 Å². The molecule has 3 aromatic rings. The lowest BCUT2D eigenvalue weighted by Gasteiger charge is -2.14. The molecular weight excluding hydrogens is 508 g/mol. The number of halogens is 6. The number of carbonyl (C=O) groups excluding carboxylic acids is 1. The van der Waals surface area contributed by atoms with E-state index in [1.165, 1.54) is 18.2 Å². The van der Waals surface area contributed by atoms with Crippen molar-refractivity contribution in [2.24, 2.45) is 0 Å². The summed E-state index contributed by atoms with van der Waals surface area (Å²) in [5.41, 5.74) is 1.59. The van der Waals surface area contributed by atoms with Crippen LogP contribution in [0.2, 0.25) is 0 Å². The van der Waals surface area contributed by atoms with Crippen LogP contribution in [0.5, 0.6) is 5.75 Å². The first-order chi connectivity index (χ1) is 13.7. The van der Waals surface area contributed by atoms with Gasteiger partial charge in [-0.1, -0.05) is 12.1 Å². The van der Waals surface area contributed by atoms with Gasteiger partial charge in [-0.3, -0.25) is 0 Å². The van der Waals surface area contributed by atoms with Crippen LogP contribution < -0.4 is 10.1 Å². The zero-order valence-electron chi connectivity index (χ0n) is 14.6. The molecule has 0 fully saturated rings. The zero-order valence-corrected chi connectivity index (χ0v) is 16.8. The summed E-state index contributed by atoms with van der Waals surface area (Å²) in [7, 11) is 0. The van der Waals surface area contributed by atoms with E-state index in [0.29, 0.717) is 5.69 Å². The number of aryl methyl sites for hydroxylation is 1. The number of hydrogen-bond acceptors (Lipinski definition) is 3. The Morgan fingerprint density at radius 3 is 2.07 bits per heavy atom. The van der Waals surface area contributed by atoms with E-state index in [4.69, 9.17) is 0 Å². The molecule has 0 atom stereocenters. The molecule has 0 spiro atoms. The number of carbonyl (C=O) groups is 1. The van der Waals surface area contributed by atoms with Gasteiger partial charge in [-0.2, -0.15) is 8.78 Å². The van der Waals surface area contributed by atoms with Crippen LogP contribution in [0.4, 0.5) is 33.3 Å². The van der Waals surface area contributed by atoms with Crippen LogP contribution in [0.1, 0.15) is 15.9 Å². The van der Waals surface area contributed by atoms with Gasteiger partial charge in [0.05, 0.1) is 11.3 Å². The van der Waals surface area contributed by atoms with Gasteiger partial charge in [-0.25, -0.2) is 18.0 Å². The van der Waals surface area contributed by atoms with Crippen molar-refractivity contribution in [3.63, 3.8) is 0 Å². The van der Waals surface area contributed by atoms with E-state index in [9.17, 15) is 26.7 Å². The summed E-state index contributed by atoms with van der Waals surface area (Å²) < 4.78 is 72.9. The highest BCUT2D eigenvalue weighted by Gasteiger charge is 2.29. The maximum Gasteiger partial charge on any atom is 0.345 e. The van der Waals surface area contributed by atoms with E-state index in [2.05, 4.69) is 32.6 Å². The van der Waals surface area contributed by atoms with Crippen molar-refractivity contribution in [1.29, 1.82) is 0 Å². The summed E-state index contributed by atoms with van der Waals surface area (Å²) in [5.74, 6) is -14.1. The summed E-state index contributed by atoms with van der Waals surface area (Å²) in [6.45, 7) is 1.83. The van der Waals surface area contributed by atoms with E-state index in [1.54, 1.807) is 12.1 Å². The number of esters is 1. The largest absolute Gasteiger partial charge is 0.416 e. The molecule has 0 radical (unpaired) electrons. The third kappa shape index (κ3) is 4.19. The van der Waals surface area contributed by atoms with Crippen molar-refractivity contribution in [3.8, 4) is 5.75 Å². The van der Waals surface area contributed by atoms with Gasteiger partial charge in [0.15, 0.2) is 0 Å². The molecule has 1 N–H and O–H groups in total. The Balaban J connectivity index is 1.96. The molecule has 0 heterocycles. The Kier molecular flexibility index (Phi) is 6.06. The molecule has 29 heavy (non-hydrogen) atoms. The number of hydrogen-bond donors (Lipinski definition) is 1. The second-order valence-electron chi connectivity index (χ2n) is 5.92. The summed E-state index contributed by atoms with van der Waals surface area (Å²) in [6.07, 6.45) is 0. The van der Waals surface area contributed by atoms with Gasteiger partial charge in [0.1, 0.15) is 0 Å². The molecular formula is C20H11F5INO2. The fourth-order valence-electron chi connectivity index (χ4n) is 2.50. The van der Waals surface area contributed by atoms with Gasteiger partial charge in [-0.15, -0.1) is 0 Å². The SMILES string of the molecule is Cc1cc(I)ccc1Nc1ccccc1C(=O)Oc1c(F)c(F)c(F)c(F)c1F. The quantitative estimate of drug-likeness (QED) is 0.111. The topological polar surface area (TPSA) is 38.3 Å². The molecule has 0 amide bonds. The van der Waals surface area contributed by atoms with Gasteiger partial charge in [-0.05, 0) is 65.4 Å². The van der Waals surface area contributed by atoms with Crippen molar-refractivity contribution in [2.75, 3.05) is 5.32 Å². The van der Waals surface area contributed by atoms with E-state index in [-0.39, 0.29) is 11.3 Å². The molecule has 3 aromatic carbocycles. The molecule has 0 aliphatic rings. The lowest BCUT2D eigenvalue weighted by atomic mass is 10.1. The maximum atomic E-state index is 13.8. The van der Waals surface area contributed by atoms with Gasteiger partial charge in [0.2, 0.25) is 34.8 Å². The number of para-hydroxylation sites is 1. The maximum absolute atomic E-state index is 13.8. The average molecular weight is 519 g/mol. The first-order valence-corrected chi connectivity index (χ1v) is 9.14. The molecule has 0 aromatic heterocycles. The third-order valence-electron chi connectivity index (χ3n) is 3.97. The van der Waals surface area contributed by atoms with Gasteiger partial charge in [0.25, 0.3) is 0 Å². The highest BCUT2D eigenvalue weighted by molar-refractivity contribution is 14.1. The molecule has 0 saturated carbocycles. The Hall–Kier alpha value is -2.69. The fourth-order valence-corrected chi connectivity index (χ4v) is 3.15. The van der Waals surface area contributed by atoms with Crippen LogP contribution in [-0.4, -0.2) is 5.97 Å². The molecule has 0 unspecified atom stereocenters. The van der Waals surface area contributed by atoms with Crippen LogP contribution >= 0.6 is 22.6 Å². The number of ether oxygens (including phenoxy) is 1. The van der Waals surface area contributed by atoms with Crippen LogP contribution in [0.15, 0.2) is 42.5 Å². The van der Waals surface area contributed by atoms with Gasteiger partial charge in [0, 0.05) is 9.26 Å². The Morgan fingerprint density at radius 2 is 1.45 bits per heavy atom. The zero-order chi connectivity index (χ0) is 21.3. The molecule has 0 saturated heterocycles. The minimum atomic E-state index is -2.34. The fraction of sp³-hybridized carbons (Fsp3) is 0.0500. The highest BCUT2D eigenvalue weighted by Crippen LogP contribution is 2.31. The third-order valence-corrected chi connectivity index (χ3v) is 4.64. The monoisotopic (exact) mass is 519 g/mol. The van der Waals surface area contributed by atoms with Crippen molar-refractivity contribution in [3.05, 3.63) is 86.2 Å². The molecule has 9 heteroatoms. The average Bonchev–Trinajstić information content (AvgIpc) is 2.70. The number of nitrogens with one attached hydrogen (secondary N) is 1. The van der Waals surface area contributed by atoms with Crippen molar-refractivity contribution < 1.29 is 31.5 Å². The molecule has 0 bridgehead atoms. The second kappa shape index (κ2) is 8.36. The number of benzene rings is 3. The van der Waals surface area contributed by atoms with Crippen LogP contribution in [0.3, 0.4) is 0 Å². The molecule has 150 valence electrons. The molecule has 3 rings (SSSR count). The standard InChI is InChI=1S/C20H11F5INO2/c1-9-8-10(26)6-7-12(9)27-13-5-3-2-4-11(13)20(28)29-19-17(24)15(22)14(21)16(23)18(19)25/h2-8,27H,1H3. The normalized spacial score (nSPS) is 10.7. The van der Waals surface area contributed by atoms with E-state index in [1.807, 2.05) is 19.1 Å². The van der Waals surface area contributed by atoms with Crippen molar-refractivity contribution >= 4 is 39.9 Å².